The Hall–Kier alpha value is -1.75. The van der Waals surface area contributed by atoms with E-state index >= 15 is 0 Å². The largest absolute Gasteiger partial charge is 0.458 e. The van der Waals surface area contributed by atoms with Crippen molar-refractivity contribution in [1.29, 1.82) is 0 Å². The fourth-order valence-electron chi connectivity index (χ4n) is 3.16. The van der Waals surface area contributed by atoms with Crippen LogP contribution >= 0.6 is 0 Å². The number of esters is 1. The Kier molecular flexibility index (Phi) is 5.07. The topological polar surface area (TPSA) is 26.3 Å². The average molecular weight is 284 g/mol. The molecule has 0 N–H and O–H groups in total. The van der Waals surface area contributed by atoms with Crippen LogP contribution in [0.4, 0.5) is 0 Å². The number of terminal acetylenes is 1. The molecule has 1 aliphatic rings. The van der Waals surface area contributed by atoms with Crippen LogP contribution in [-0.2, 0) is 4.74 Å². The van der Waals surface area contributed by atoms with Crippen LogP contribution in [0.15, 0.2) is 24.3 Å². The molecule has 2 heteroatoms. The second-order valence-corrected chi connectivity index (χ2v) is 6.49. The lowest BCUT2D eigenvalue weighted by Gasteiger charge is -2.36. The van der Waals surface area contributed by atoms with Gasteiger partial charge in [-0.15, -0.1) is 6.42 Å². The summed E-state index contributed by atoms with van der Waals surface area (Å²) in [6, 6.07) is 7.04. The van der Waals surface area contributed by atoms with Crippen LogP contribution in [-0.4, -0.2) is 12.1 Å². The highest BCUT2D eigenvalue weighted by Gasteiger charge is 2.33. The SMILES string of the molecule is C#Cc1ccc(C(=O)O[C@H]2C[C@@H](C)CC[C@@H]2C(C)C)cc1. The Morgan fingerprint density at radius 3 is 2.52 bits per heavy atom. The molecule has 0 bridgehead atoms. The molecule has 0 unspecified atom stereocenters. The molecule has 0 aromatic heterocycles. The van der Waals surface area contributed by atoms with Crippen LogP contribution in [0.25, 0.3) is 0 Å². The molecule has 0 radical (unpaired) electrons. The summed E-state index contributed by atoms with van der Waals surface area (Å²) in [5.41, 5.74) is 1.35. The third kappa shape index (κ3) is 3.88. The number of hydrogen-bond donors (Lipinski definition) is 0. The van der Waals surface area contributed by atoms with Crippen LogP contribution in [0.5, 0.6) is 0 Å². The molecule has 0 aliphatic heterocycles. The highest BCUT2D eigenvalue weighted by molar-refractivity contribution is 5.89. The van der Waals surface area contributed by atoms with Crippen molar-refractivity contribution >= 4 is 5.97 Å². The molecule has 0 amide bonds. The van der Waals surface area contributed by atoms with Gasteiger partial charge in [0.1, 0.15) is 6.10 Å². The predicted octanol–water partition coefficient (Wildman–Crippen LogP) is 4.29. The summed E-state index contributed by atoms with van der Waals surface area (Å²) in [6.07, 6.45) is 8.71. The second-order valence-electron chi connectivity index (χ2n) is 6.49. The Labute approximate surface area is 127 Å². The normalized spacial score (nSPS) is 25.4. The van der Waals surface area contributed by atoms with E-state index in [-0.39, 0.29) is 12.1 Å². The van der Waals surface area contributed by atoms with E-state index in [1.807, 2.05) is 0 Å². The van der Waals surface area contributed by atoms with Gasteiger partial charge in [0.15, 0.2) is 0 Å². The number of hydrogen-bond acceptors (Lipinski definition) is 2. The first-order valence-corrected chi connectivity index (χ1v) is 7.79. The summed E-state index contributed by atoms with van der Waals surface area (Å²) >= 11 is 0. The minimum absolute atomic E-state index is 0.0357. The molecule has 0 saturated heterocycles. The van der Waals surface area contributed by atoms with Crippen molar-refractivity contribution in [2.45, 2.75) is 46.1 Å². The zero-order chi connectivity index (χ0) is 15.4. The summed E-state index contributed by atoms with van der Waals surface area (Å²) in [7, 11) is 0. The minimum Gasteiger partial charge on any atom is -0.458 e. The molecule has 0 spiro atoms. The Balaban J connectivity index is 2.07. The van der Waals surface area contributed by atoms with E-state index in [1.54, 1.807) is 24.3 Å². The molecule has 1 aromatic carbocycles. The average Bonchev–Trinajstić information content (AvgIpc) is 2.47. The van der Waals surface area contributed by atoms with Crippen LogP contribution in [0.3, 0.4) is 0 Å². The van der Waals surface area contributed by atoms with Gasteiger partial charge in [0.05, 0.1) is 5.56 Å². The first kappa shape index (κ1) is 15.6. The maximum absolute atomic E-state index is 12.3. The highest BCUT2D eigenvalue weighted by atomic mass is 16.5. The van der Waals surface area contributed by atoms with E-state index < -0.39 is 0 Å². The van der Waals surface area contributed by atoms with E-state index in [9.17, 15) is 4.79 Å². The third-order valence-corrected chi connectivity index (χ3v) is 4.51. The number of carbonyl (C=O) groups is 1. The summed E-state index contributed by atoms with van der Waals surface area (Å²) in [5, 5.41) is 0. The lowest BCUT2D eigenvalue weighted by Crippen LogP contribution is -2.35. The summed E-state index contributed by atoms with van der Waals surface area (Å²) in [4.78, 5) is 12.3. The van der Waals surface area contributed by atoms with Crippen molar-refractivity contribution < 1.29 is 9.53 Å². The molecule has 21 heavy (non-hydrogen) atoms. The van der Waals surface area contributed by atoms with Crippen LogP contribution in [0.2, 0.25) is 0 Å². The predicted molar refractivity (Wildman–Crippen MR) is 84.9 cm³/mol. The number of carbonyl (C=O) groups excluding carboxylic acids is 1. The van der Waals surface area contributed by atoms with Crippen molar-refractivity contribution in [3.8, 4) is 12.3 Å². The van der Waals surface area contributed by atoms with E-state index in [0.29, 0.717) is 23.3 Å². The monoisotopic (exact) mass is 284 g/mol. The summed E-state index contributed by atoms with van der Waals surface area (Å²) in [6.45, 7) is 6.66. The summed E-state index contributed by atoms with van der Waals surface area (Å²) < 4.78 is 5.80. The van der Waals surface area contributed by atoms with Gasteiger partial charge < -0.3 is 4.74 Å². The Morgan fingerprint density at radius 2 is 1.95 bits per heavy atom. The lowest BCUT2D eigenvalue weighted by atomic mass is 9.75. The van der Waals surface area contributed by atoms with Gasteiger partial charge >= 0.3 is 5.97 Å². The van der Waals surface area contributed by atoms with Crippen molar-refractivity contribution in [3.63, 3.8) is 0 Å². The first-order valence-electron chi connectivity index (χ1n) is 7.79. The number of ether oxygens (including phenoxy) is 1. The zero-order valence-corrected chi connectivity index (χ0v) is 13.1. The molecular weight excluding hydrogens is 260 g/mol. The number of rotatable bonds is 3. The molecule has 112 valence electrons. The zero-order valence-electron chi connectivity index (χ0n) is 13.1. The van der Waals surface area contributed by atoms with Gasteiger partial charge in [-0.1, -0.05) is 33.1 Å². The van der Waals surface area contributed by atoms with Crippen LogP contribution < -0.4 is 0 Å². The van der Waals surface area contributed by atoms with E-state index in [1.165, 1.54) is 6.42 Å². The van der Waals surface area contributed by atoms with Crippen LogP contribution in [0.1, 0.15) is 56.0 Å². The molecule has 2 rings (SSSR count). The molecule has 3 atom stereocenters. The standard InChI is InChI=1S/C19H24O2/c1-5-15-7-9-16(10-8-15)19(20)21-18-12-14(4)6-11-17(18)13(2)3/h1,7-10,13-14,17-18H,6,11-12H2,2-4H3/t14-,17+,18-/m0/s1. The second kappa shape index (κ2) is 6.80. The maximum atomic E-state index is 12.3. The molecule has 0 heterocycles. The Bertz CT molecular complexity index is 521. The van der Waals surface area contributed by atoms with Gasteiger partial charge in [-0.3, -0.25) is 0 Å². The smallest absolute Gasteiger partial charge is 0.338 e. The van der Waals surface area contributed by atoms with Crippen molar-refractivity contribution in [3.05, 3.63) is 35.4 Å². The first-order chi connectivity index (χ1) is 10.0. The minimum atomic E-state index is -0.233. The van der Waals surface area contributed by atoms with Gasteiger partial charge in [0.2, 0.25) is 0 Å². The summed E-state index contributed by atoms with van der Waals surface area (Å²) in [5.74, 6) is 3.95. The maximum Gasteiger partial charge on any atom is 0.338 e. The van der Waals surface area contributed by atoms with Gasteiger partial charge in [-0.2, -0.15) is 0 Å². The molecule has 1 aromatic rings. The van der Waals surface area contributed by atoms with Gasteiger partial charge in [0, 0.05) is 5.56 Å². The Morgan fingerprint density at radius 1 is 1.29 bits per heavy atom. The van der Waals surface area contributed by atoms with Crippen molar-refractivity contribution in [2.24, 2.45) is 17.8 Å². The van der Waals surface area contributed by atoms with E-state index in [2.05, 4.69) is 26.7 Å². The van der Waals surface area contributed by atoms with Crippen molar-refractivity contribution in [1.82, 2.24) is 0 Å². The molecule has 1 fully saturated rings. The number of benzene rings is 1. The van der Waals surface area contributed by atoms with Gasteiger partial charge in [-0.05, 0) is 54.9 Å². The van der Waals surface area contributed by atoms with Crippen LogP contribution in [0, 0.1) is 30.1 Å². The quantitative estimate of drug-likeness (QED) is 0.611. The lowest BCUT2D eigenvalue weighted by molar-refractivity contribution is -0.0174. The fourth-order valence-corrected chi connectivity index (χ4v) is 3.16. The third-order valence-electron chi connectivity index (χ3n) is 4.51. The molecule has 1 aliphatic carbocycles. The van der Waals surface area contributed by atoms with Gasteiger partial charge in [0.25, 0.3) is 0 Å². The highest BCUT2D eigenvalue weighted by Crippen LogP contribution is 2.35. The molecule has 2 nitrogen and oxygen atoms in total. The van der Waals surface area contributed by atoms with E-state index in [4.69, 9.17) is 11.2 Å². The van der Waals surface area contributed by atoms with Crippen molar-refractivity contribution in [2.75, 3.05) is 0 Å². The van der Waals surface area contributed by atoms with E-state index in [0.717, 1.165) is 18.4 Å². The van der Waals surface area contributed by atoms with Gasteiger partial charge in [-0.25, -0.2) is 4.79 Å². The fraction of sp³-hybridized carbons (Fsp3) is 0.526. The molecule has 1 saturated carbocycles. The molecular formula is C19H24O2.